The van der Waals surface area contributed by atoms with Crippen LogP contribution in [0.4, 0.5) is 11.4 Å². The van der Waals surface area contributed by atoms with Crippen LogP contribution in [-0.4, -0.2) is 24.4 Å². The van der Waals surface area contributed by atoms with Crippen LogP contribution in [-0.2, 0) is 9.59 Å². The second-order valence-corrected chi connectivity index (χ2v) is 5.98. The second kappa shape index (κ2) is 6.45. The number of benzene rings is 1. The van der Waals surface area contributed by atoms with Crippen molar-refractivity contribution >= 4 is 34.8 Å². The summed E-state index contributed by atoms with van der Waals surface area (Å²) in [7, 11) is 0. The first-order chi connectivity index (χ1) is 9.90. The van der Waals surface area contributed by atoms with E-state index in [1.807, 2.05) is 13.8 Å². The van der Waals surface area contributed by atoms with E-state index >= 15 is 0 Å². The largest absolute Gasteiger partial charge is 0.325 e. The molecule has 2 amide bonds. The Hall–Kier alpha value is -1.59. The number of halogens is 1. The Morgan fingerprint density at radius 2 is 2.14 bits per heavy atom. The molecule has 114 valence electrons. The molecular weight excluding hydrogens is 290 g/mol. The van der Waals surface area contributed by atoms with Crippen LogP contribution in [0, 0.1) is 5.92 Å². The lowest BCUT2D eigenvalue weighted by Crippen LogP contribution is -2.39. The normalized spacial score (nSPS) is 16.4. The zero-order valence-electron chi connectivity index (χ0n) is 12.2. The molecule has 1 heterocycles. The van der Waals surface area contributed by atoms with Gasteiger partial charge in [0.1, 0.15) is 0 Å². The van der Waals surface area contributed by atoms with Gasteiger partial charge in [-0.3, -0.25) is 9.59 Å². The highest BCUT2D eigenvalue weighted by Gasteiger charge is 2.24. The van der Waals surface area contributed by atoms with Gasteiger partial charge in [0.25, 0.3) is 0 Å². The first-order valence-electron chi connectivity index (χ1n) is 7.06. The van der Waals surface area contributed by atoms with Gasteiger partial charge < -0.3 is 16.0 Å². The number of carbonyl (C=O) groups is 2. The van der Waals surface area contributed by atoms with Crippen LogP contribution in [0.2, 0.25) is 5.02 Å². The van der Waals surface area contributed by atoms with Crippen molar-refractivity contribution in [2.75, 3.05) is 16.8 Å². The average Bonchev–Trinajstić information content (AvgIpc) is 2.84. The van der Waals surface area contributed by atoms with Gasteiger partial charge in [-0.25, -0.2) is 0 Å². The molecular formula is C15H20ClN3O2. The molecule has 1 aliphatic rings. The molecule has 1 aliphatic heterocycles. The third-order valence-corrected chi connectivity index (χ3v) is 3.90. The van der Waals surface area contributed by atoms with Gasteiger partial charge >= 0.3 is 0 Å². The molecule has 2 rings (SSSR count). The van der Waals surface area contributed by atoms with Crippen molar-refractivity contribution in [2.45, 2.75) is 32.7 Å². The lowest BCUT2D eigenvalue weighted by molar-refractivity contribution is -0.118. The summed E-state index contributed by atoms with van der Waals surface area (Å²) in [6, 6.07) is 4.57. The summed E-state index contributed by atoms with van der Waals surface area (Å²) in [5.41, 5.74) is 7.06. The molecule has 0 bridgehead atoms. The molecule has 6 heteroatoms. The molecule has 0 saturated carbocycles. The highest BCUT2D eigenvalue weighted by Crippen LogP contribution is 2.31. The van der Waals surface area contributed by atoms with Crippen LogP contribution < -0.4 is 16.0 Å². The van der Waals surface area contributed by atoms with Crippen molar-refractivity contribution in [3.8, 4) is 0 Å². The molecule has 0 aliphatic carbocycles. The van der Waals surface area contributed by atoms with Crippen molar-refractivity contribution < 1.29 is 9.59 Å². The van der Waals surface area contributed by atoms with E-state index in [2.05, 4.69) is 5.32 Å². The number of anilines is 2. The number of nitrogens with one attached hydrogen (secondary N) is 1. The van der Waals surface area contributed by atoms with Crippen LogP contribution >= 0.6 is 11.6 Å². The van der Waals surface area contributed by atoms with Gasteiger partial charge in [-0.15, -0.1) is 0 Å². The quantitative estimate of drug-likeness (QED) is 0.896. The molecule has 0 aromatic heterocycles. The van der Waals surface area contributed by atoms with Gasteiger partial charge in [0.2, 0.25) is 11.8 Å². The Bertz CT molecular complexity index is 560. The van der Waals surface area contributed by atoms with E-state index < -0.39 is 6.04 Å². The maximum Gasteiger partial charge on any atom is 0.241 e. The standard InChI is InChI=1S/C15H20ClN3O2/c1-9(2)14(17)15(21)18-10-5-6-12(11(16)8-10)19-7-3-4-13(19)20/h5-6,8-9,14H,3-4,7,17H2,1-2H3,(H,18,21)/t14-/m0/s1. The van der Waals surface area contributed by atoms with Crippen molar-refractivity contribution in [1.29, 1.82) is 0 Å². The van der Waals surface area contributed by atoms with Crippen molar-refractivity contribution in [3.05, 3.63) is 23.2 Å². The van der Waals surface area contributed by atoms with E-state index in [4.69, 9.17) is 17.3 Å². The molecule has 1 aromatic carbocycles. The fourth-order valence-corrected chi connectivity index (χ4v) is 2.52. The minimum atomic E-state index is -0.566. The Labute approximate surface area is 129 Å². The molecule has 21 heavy (non-hydrogen) atoms. The molecule has 0 unspecified atom stereocenters. The lowest BCUT2D eigenvalue weighted by atomic mass is 10.0. The number of nitrogens with two attached hydrogens (primary N) is 1. The number of hydrogen-bond donors (Lipinski definition) is 2. The third-order valence-electron chi connectivity index (χ3n) is 3.60. The second-order valence-electron chi connectivity index (χ2n) is 5.57. The summed E-state index contributed by atoms with van der Waals surface area (Å²) in [6.07, 6.45) is 1.40. The smallest absolute Gasteiger partial charge is 0.241 e. The van der Waals surface area contributed by atoms with Crippen LogP contribution in [0.5, 0.6) is 0 Å². The minimum Gasteiger partial charge on any atom is -0.325 e. The molecule has 5 nitrogen and oxygen atoms in total. The number of hydrogen-bond acceptors (Lipinski definition) is 3. The van der Waals surface area contributed by atoms with Gasteiger partial charge in [0, 0.05) is 18.7 Å². The van der Waals surface area contributed by atoms with Gasteiger partial charge in [-0.1, -0.05) is 25.4 Å². The topological polar surface area (TPSA) is 75.4 Å². The summed E-state index contributed by atoms with van der Waals surface area (Å²) in [5.74, 6) is -0.108. The van der Waals surface area contributed by atoms with Gasteiger partial charge in [-0.05, 0) is 30.5 Å². The predicted octanol–water partition coefficient (Wildman–Crippen LogP) is 2.39. The Morgan fingerprint density at radius 3 is 2.67 bits per heavy atom. The fraction of sp³-hybridized carbons (Fsp3) is 0.467. The highest BCUT2D eigenvalue weighted by atomic mass is 35.5. The van der Waals surface area contributed by atoms with Gasteiger partial charge in [-0.2, -0.15) is 0 Å². The maximum absolute atomic E-state index is 11.9. The van der Waals surface area contributed by atoms with Crippen molar-refractivity contribution in [2.24, 2.45) is 11.7 Å². The summed E-state index contributed by atoms with van der Waals surface area (Å²) in [4.78, 5) is 25.3. The van der Waals surface area contributed by atoms with E-state index in [1.165, 1.54) is 0 Å². The molecule has 0 radical (unpaired) electrons. The molecule has 1 fully saturated rings. The summed E-state index contributed by atoms with van der Waals surface area (Å²) in [6.45, 7) is 4.46. The van der Waals surface area contributed by atoms with E-state index in [9.17, 15) is 9.59 Å². The molecule has 0 spiro atoms. The third kappa shape index (κ3) is 3.54. The Kier molecular flexibility index (Phi) is 4.85. The summed E-state index contributed by atoms with van der Waals surface area (Å²) in [5, 5.41) is 3.19. The van der Waals surface area contributed by atoms with Crippen molar-refractivity contribution in [3.63, 3.8) is 0 Å². The highest BCUT2D eigenvalue weighted by molar-refractivity contribution is 6.34. The molecule has 3 N–H and O–H groups in total. The number of amides is 2. The number of rotatable bonds is 4. The average molecular weight is 310 g/mol. The van der Waals surface area contributed by atoms with Crippen LogP contribution in [0.3, 0.4) is 0 Å². The summed E-state index contributed by atoms with van der Waals surface area (Å²) >= 11 is 6.22. The summed E-state index contributed by atoms with van der Waals surface area (Å²) < 4.78 is 0. The van der Waals surface area contributed by atoms with E-state index in [0.29, 0.717) is 29.4 Å². The lowest BCUT2D eigenvalue weighted by Gasteiger charge is -2.19. The Balaban J connectivity index is 2.12. The fourth-order valence-electron chi connectivity index (χ4n) is 2.23. The monoisotopic (exact) mass is 309 g/mol. The first kappa shape index (κ1) is 15.8. The minimum absolute atomic E-state index is 0.0574. The van der Waals surface area contributed by atoms with E-state index in [0.717, 1.165) is 6.42 Å². The zero-order chi connectivity index (χ0) is 15.6. The van der Waals surface area contributed by atoms with Crippen LogP contribution in [0.15, 0.2) is 18.2 Å². The van der Waals surface area contributed by atoms with E-state index in [1.54, 1.807) is 23.1 Å². The zero-order valence-corrected chi connectivity index (χ0v) is 13.0. The van der Waals surface area contributed by atoms with Crippen molar-refractivity contribution in [1.82, 2.24) is 0 Å². The van der Waals surface area contributed by atoms with Gasteiger partial charge in [0.05, 0.1) is 16.8 Å². The first-order valence-corrected chi connectivity index (χ1v) is 7.44. The van der Waals surface area contributed by atoms with Crippen LogP contribution in [0.25, 0.3) is 0 Å². The van der Waals surface area contributed by atoms with Gasteiger partial charge in [0.15, 0.2) is 0 Å². The van der Waals surface area contributed by atoms with Crippen LogP contribution in [0.1, 0.15) is 26.7 Å². The maximum atomic E-state index is 11.9. The predicted molar refractivity (Wildman–Crippen MR) is 84.5 cm³/mol. The Morgan fingerprint density at radius 1 is 1.43 bits per heavy atom. The molecule has 1 aromatic rings. The number of nitrogens with zero attached hydrogens (tertiary/aromatic N) is 1. The van der Waals surface area contributed by atoms with E-state index in [-0.39, 0.29) is 17.7 Å². The molecule has 1 saturated heterocycles. The molecule has 1 atom stereocenters. The SMILES string of the molecule is CC(C)[C@H](N)C(=O)Nc1ccc(N2CCCC2=O)c(Cl)c1. The number of carbonyl (C=O) groups excluding carboxylic acids is 2.